The molecular weight excluding hydrogens is 256 g/mol. The number of likely N-dealkylation sites (N-methyl/N-ethyl adjacent to an activating group) is 1. The third-order valence-corrected chi connectivity index (χ3v) is 3.54. The van der Waals surface area contributed by atoms with Crippen LogP contribution in [0.4, 0.5) is 8.78 Å². The van der Waals surface area contributed by atoms with Gasteiger partial charge in [0.1, 0.15) is 11.6 Å². The lowest BCUT2D eigenvalue weighted by Crippen LogP contribution is -2.30. The second kappa shape index (κ2) is 7.16. The van der Waals surface area contributed by atoms with Crippen LogP contribution in [0.5, 0.6) is 0 Å². The SMILES string of the molecule is CNC(Cc1ccc(F)cc1F)CC(C)CC(C)(C)C. The summed E-state index contributed by atoms with van der Waals surface area (Å²) in [5.41, 5.74) is 0.882. The third kappa shape index (κ3) is 6.00. The topological polar surface area (TPSA) is 12.0 Å². The summed E-state index contributed by atoms with van der Waals surface area (Å²) in [7, 11) is 1.90. The minimum atomic E-state index is -0.520. The lowest BCUT2D eigenvalue weighted by atomic mass is 9.82. The molecule has 0 saturated carbocycles. The first-order valence-electron chi connectivity index (χ1n) is 7.32. The maximum absolute atomic E-state index is 13.7. The van der Waals surface area contributed by atoms with Crippen molar-refractivity contribution >= 4 is 0 Å². The summed E-state index contributed by atoms with van der Waals surface area (Å²) < 4.78 is 26.6. The molecule has 0 radical (unpaired) electrons. The molecule has 0 aliphatic carbocycles. The van der Waals surface area contributed by atoms with E-state index in [0.717, 1.165) is 18.9 Å². The minimum absolute atomic E-state index is 0.215. The first-order chi connectivity index (χ1) is 9.21. The van der Waals surface area contributed by atoms with Crippen LogP contribution in [-0.2, 0) is 6.42 Å². The van der Waals surface area contributed by atoms with Gasteiger partial charge in [0.15, 0.2) is 0 Å². The Balaban J connectivity index is 2.63. The van der Waals surface area contributed by atoms with Gasteiger partial charge in [-0.2, -0.15) is 0 Å². The van der Waals surface area contributed by atoms with E-state index in [1.807, 2.05) is 7.05 Å². The second-order valence-corrected chi connectivity index (χ2v) is 7.03. The summed E-state index contributed by atoms with van der Waals surface area (Å²) in [5.74, 6) is -0.405. The Kier molecular flexibility index (Phi) is 6.12. The molecule has 0 bridgehead atoms. The summed E-state index contributed by atoms with van der Waals surface area (Å²) in [6.07, 6.45) is 2.72. The molecule has 0 fully saturated rings. The molecule has 2 unspecified atom stereocenters. The Bertz CT molecular complexity index is 423. The highest BCUT2D eigenvalue weighted by Crippen LogP contribution is 2.27. The van der Waals surface area contributed by atoms with Crippen molar-refractivity contribution in [3.8, 4) is 0 Å². The van der Waals surface area contributed by atoms with Crippen LogP contribution in [0.1, 0.15) is 46.1 Å². The van der Waals surface area contributed by atoms with Crippen molar-refractivity contribution in [2.45, 2.75) is 53.0 Å². The molecule has 0 aromatic heterocycles. The predicted octanol–water partition coefficient (Wildman–Crippen LogP) is 4.56. The van der Waals surface area contributed by atoms with Gasteiger partial charge in [0.05, 0.1) is 0 Å². The first-order valence-corrected chi connectivity index (χ1v) is 7.32. The predicted molar refractivity (Wildman–Crippen MR) is 80.8 cm³/mol. The number of nitrogens with one attached hydrogen (secondary N) is 1. The van der Waals surface area contributed by atoms with Gasteiger partial charge in [0.25, 0.3) is 0 Å². The average Bonchev–Trinajstić information content (AvgIpc) is 2.29. The maximum atomic E-state index is 13.7. The number of halogens is 2. The van der Waals surface area contributed by atoms with Crippen molar-refractivity contribution in [2.24, 2.45) is 11.3 Å². The number of benzene rings is 1. The van der Waals surface area contributed by atoms with Gasteiger partial charge in [0, 0.05) is 12.1 Å². The van der Waals surface area contributed by atoms with Gasteiger partial charge in [-0.3, -0.25) is 0 Å². The van der Waals surface area contributed by atoms with Crippen LogP contribution in [-0.4, -0.2) is 13.1 Å². The van der Waals surface area contributed by atoms with Crippen molar-refractivity contribution in [2.75, 3.05) is 7.05 Å². The van der Waals surface area contributed by atoms with Crippen LogP contribution >= 0.6 is 0 Å². The van der Waals surface area contributed by atoms with E-state index in [-0.39, 0.29) is 6.04 Å². The summed E-state index contributed by atoms with van der Waals surface area (Å²) in [6, 6.07) is 4.04. The Morgan fingerprint density at radius 3 is 2.35 bits per heavy atom. The summed E-state index contributed by atoms with van der Waals surface area (Å²) in [5, 5.41) is 3.25. The van der Waals surface area contributed by atoms with Gasteiger partial charge >= 0.3 is 0 Å². The first kappa shape index (κ1) is 17.1. The summed E-state index contributed by atoms with van der Waals surface area (Å²) in [4.78, 5) is 0. The van der Waals surface area contributed by atoms with E-state index in [0.29, 0.717) is 23.3 Å². The minimum Gasteiger partial charge on any atom is -0.317 e. The molecular formula is C17H27F2N. The molecule has 2 atom stereocenters. The zero-order chi connectivity index (χ0) is 15.3. The van der Waals surface area contributed by atoms with Crippen LogP contribution in [0.3, 0.4) is 0 Å². The van der Waals surface area contributed by atoms with E-state index in [9.17, 15) is 8.78 Å². The fourth-order valence-electron chi connectivity index (χ4n) is 2.87. The van der Waals surface area contributed by atoms with Gasteiger partial charge in [-0.1, -0.05) is 33.8 Å². The van der Waals surface area contributed by atoms with Crippen LogP contribution in [0.25, 0.3) is 0 Å². The van der Waals surface area contributed by atoms with Gasteiger partial charge in [-0.25, -0.2) is 8.78 Å². The molecule has 0 aliphatic rings. The Hall–Kier alpha value is -0.960. The van der Waals surface area contributed by atoms with Gasteiger partial charge in [-0.15, -0.1) is 0 Å². The standard InChI is InChI=1S/C17H27F2N/c1-12(11-17(2,3)4)8-15(20-5)9-13-6-7-14(18)10-16(13)19/h6-7,10,12,15,20H,8-9,11H2,1-5H3. The van der Waals surface area contributed by atoms with E-state index < -0.39 is 11.6 Å². The molecule has 20 heavy (non-hydrogen) atoms. The normalized spacial score (nSPS) is 15.2. The summed E-state index contributed by atoms with van der Waals surface area (Å²) in [6.45, 7) is 8.93. The van der Waals surface area contributed by atoms with Crippen molar-refractivity contribution in [3.05, 3.63) is 35.4 Å². The average molecular weight is 283 g/mol. The zero-order valence-corrected chi connectivity index (χ0v) is 13.3. The molecule has 0 amide bonds. The fraction of sp³-hybridized carbons (Fsp3) is 0.647. The zero-order valence-electron chi connectivity index (χ0n) is 13.3. The molecule has 0 saturated heterocycles. The highest BCUT2D eigenvalue weighted by molar-refractivity contribution is 5.19. The van der Waals surface area contributed by atoms with Crippen LogP contribution < -0.4 is 5.32 Å². The highest BCUT2D eigenvalue weighted by Gasteiger charge is 2.19. The largest absolute Gasteiger partial charge is 0.317 e. The van der Waals surface area contributed by atoms with Gasteiger partial charge in [-0.05, 0) is 49.3 Å². The molecule has 1 aromatic carbocycles. The van der Waals surface area contributed by atoms with Crippen molar-refractivity contribution < 1.29 is 8.78 Å². The van der Waals surface area contributed by atoms with Crippen molar-refractivity contribution in [1.82, 2.24) is 5.32 Å². The Morgan fingerprint density at radius 1 is 1.20 bits per heavy atom. The maximum Gasteiger partial charge on any atom is 0.129 e. The number of hydrogen-bond donors (Lipinski definition) is 1. The van der Waals surface area contributed by atoms with Gasteiger partial charge in [0.2, 0.25) is 0 Å². The van der Waals surface area contributed by atoms with E-state index in [1.54, 1.807) is 6.07 Å². The molecule has 1 aromatic rings. The monoisotopic (exact) mass is 283 g/mol. The van der Waals surface area contributed by atoms with Crippen molar-refractivity contribution in [3.63, 3.8) is 0 Å². The highest BCUT2D eigenvalue weighted by atomic mass is 19.1. The van der Waals surface area contributed by atoms with E-state index in [2.05, 4.69) is 33.0 Å². The molecule has 0 heterocycles. The fourth-order valence-corrected chi connectivity index (χ4v) is 2.87. The van der Waals surface area contributed by atoms with Gasteiger partial charge < -0.3 is 5.32 Å². The van der Waals surface area contributed by atoms with E-state index >= 15 is 0 Å². The number of hydrogen-bond acceptors (Lipinski definition) is 1. The number of rotatable bonds is 6. The second-order valence-electron chi connectivity index (χ2n) is 7.03. The quantitative estimate of drug-likeness (QED) is 0.807. The molecule has 3 heteroatoms. The molecule has 1 nitrogen and oxygen atoms in total. The van der Waals surface area contributed by atoms with E-state index in [1.165, 1.54) is 6.07 Å². The summed E-state index contributed by atoms with van der Waals surface area (Å²) >= 11 is 0. The van der Waals surface area contributed by atoms with Crippen LogP contribution in [0.15, 0.2) is 18.2 Å². The molecule has 114 valence electrons. The molecule has 1 N–H and O–H groups in total. The van der Waals surface area contributed by atoms with Crippen molar-refractivity contribution in [1.29, 1.82) is 0 Å². The Morgan fingerprint density at radius 2 is 1.85 bits per heavy atom. The third-order valence-electron chi connectivity index (χ3n) is 3.54. The van der Waals surface area contributed by atoms with Crippen LogP contribution in [0, 0.1) is 23.0 Å². The Labute approximate surface area is 121 Å². The van der Waals surface area contributed by atoms with E-state index in [4.69, 9.17) is 0 Å². The molecule has 0 aliphatic heterocycles. The molecule has 0 spiro atoms. The lowest BCUT2D eigenvalue weighted by Gasteiger charge is -2.26. The molecule has 1 rings (SSSR count). The lowest BCUT2D eigenvalue weighted by molar-refractivity contribution is 0.277. The van der Waals surface area contributed by atoms with Crippen LogP contribution in [0.2, 0.25) is 0 Å². The smallest absolute Gasteiger partial charge is 0.129 e.